The predicted molar refractivity (Wildman–Crippen MR) is 117 cm³/mol. The van der Waals surface area contributed by atoms with Gasteiger partial charge in [0.2, 0.25) is 0 Å². The summed E-state index contributed by atoms with van der Waals surface area (Å²) in [4.78, 5) is 18.1. The van der Waals surface area contributed by atoms with Crippen molar-refractivity contribution in [2.75, 3.05) is 11.9 Å². The number of imidazole rings is 1. The van der Waals surface area contributed by atoms with Gasteiger partial charge in [0, 0.05) is 41.5 Å². The smallest absolute Gasteiger partial charge is 0.180 e. The summed E-state index contributed by atoms with van der Waals surface area (Å²) in [5, 5.41) is 12.9. The fourth-order valence-corrected chi connectivity index (χ4v) is 3.51. The maximum absolute atomic E-state index is 9.56. The fourth-order valence-electron chi connectivity index (χ4n) is 3.51. The molecule has 0 radical (unpaired) electrons. The van der Waals surface area contributed by atoms with Gasteiger partial charge in [-0.25, -0.2) is 9.97 Å². The second kappa shape index (κ2) is 7.03. The minimum Gasteiger partial charge on any atom is -0.395 e. The molecule has 30 heavy (non-hydrogen) atoms. The van der Waals surface area contributed by atoms with E-state index in [0.29, 0.717) is 12.4 Å². The van der Waals surface area contributed by atoms with Crippen molar-refractivity contribution >= 4 is 23.4 Å². The third kappa shape index (κ3) is 3.23. The Balaban J connectivity index is 1.51. The van der Waals surface area contributed by atoms with Crippen LogP contribution in [0.25, 0.3) is 16.9 Å². The van der Waals surface area contributed by atoms with Gasteiger partial charge in [0.25, 0.3) is 0 Å². The largest absolute Gasteiger partial charge is 0.395 e. The molecule has 0 saturated heterocycles. The first kappa shape index (κ1) is 18.4. The number of fused-ring (bicyclic) bond motifs is 2. The van der Waals surface area contributed by atoms with Crippen LogP contribution in [0.3, 0.4) is 0 Å². The zero-order chi connectivity index (χ0) is 20.7. The Labute approximate surface area is 174 Å². The van der Waals surface area contributed by atoms with Crippen LogP contribution >= 0.6 is 0 Å². The van der Waals surface area contributed by atoms with E-state index in [4.69, 9.17) is 4.98 Å². The lowest BCUT2D eigenvalue weighted by molar-refractivity contribution is 0.215. The van der Waals surface area contributed by atoms with Gasteiger partial charge in [-0.3, -0.25) is 9.98 Å². The highest BCUT2D eigenvalue weighted by molar-refractivity contribution is 5.86. The monoisotopic (exact) mass is 398 g/mol. The van der Waals surface area contributed by atoms with Gasteiger partial charge in [-0.15, -0.1) is 0 Å². The summed E-state index contributed by atoms with van der Waals surface area (Å²) in [5.41, 5.74) is 6.26. The van der Waals surface area contributed by atoms with Crippen LogP contribution in [-0.4, -0.2) is 37.3 Å². The molecule has 4 heterocycles. The van der Waals surface area contributed by atoms with Crippen molar-refractivity contribution in [2.24, 2.45) is 4.99 Å². The van der Waals surface area contributed by atoms with E-state index in [0.717, 1.165) is 33.8 Å². The summed E-state index contributed by atoms with van der Waals surface area (Å²) in [6.45, 7) is 4.67. The van der Waals surface area contributed by atoms with Crippen molar-refractivity contribution in [1.29, 1.82) is 0 Å². The normalized spacial score (nSPS) is 13.0. The van der Waals surface area contributed by atoms with Gasteiger partial charge >= 0.3 is 0 Å². The molecule has 0 spiro atoms. The number of nitrogens with zero attached hydrogens (tertiary/aromatic N) is 5. The molecule has 0 atom stereocenters. The van der Waals surface area contributed by atoms with E-state index < -0.39 is 0 Å². The molecule has 0 amide bonds. The molecule has 0 unspecified atom stereocenters. The van der Waals surface area contributed by atoms with Gasteiger partial charge in [0.15, 0.2) is 11.5 Å². The number of benzene rings is 1. The molecule has 1 aliphatic heterocycles. The number of hydrogen-bond donors (Lipinski definition) is 2. The van der Waals surface area contributed by atoms with Crippen LogP contribution in [0.4, 0.5) is 11.5 Å². The van der Waals surface area contributed by atoms with E-state index in [1.54, 1.807) is 12.4 Å². The van der Waals surface area contributed by atoms with Crippen molar-refractivity contribution in [2.45, 2.75) is 25.8 Å². The molecule has 1 aromatic carbocycles. The van der Waals surface area contributed by atoms with Crippen LogP contribution in [0.2, 0.25) is 0 Å². The second-order valence-corrected chi connectivity index (χ2v) is 8.12. The molecule has 3 aromatic heterocycles. The molecule has 5 rings (SSSR count). The topological polar surface area (TPSA) is 87.7 Å². The number of rotatable bonds is 5. The highest BCUT2D eigenvalue weighted by Crippen LogP contribution is 2.28. The van der Waals surface area contributed by atoms with E-state index in [1.165, 1.54) is 5.56 Å². The molecule has 150 valence electrons. The number of aliphatic hydroxyl groups is 1. The van der Waals surface area contributed by atoms with Crippen molar-refractivity contribution in [1.82, 2.24) is 19.4 Å². The van der Waals surface area contributed by atoms with Crippen molar-refractivity contribution in [3.63, 3.8) is 0 Å². The Morgan fingerprint density at radius 3 is 2.87 bits per heavy atom. The first-order valence-corrected chi connectivity index (χ1v) is 9.85. The molecular formula is C23H22N6O. The number of aliphatic hydroxyl groups excluding tert-OH is 1. The lowest BCUT2D eigenvalue weighted by Crippen LogP contribution is -2.23. The third-order valence-corrected chi connectivity index (χ3v) is 5.42. The molecule has 2 N–H and O–H groups in total. The van der Waals surface area contributed by atoms with Crippen LogP contribution in [0.5, 0.6) is 0 Å². The maximum Gasteiger partial charge on any atom is 0.180 e. The predicted octanol–water partition coefficient (Wildman–Crippen LogP) is 3.74. The average molecular weight is 398 g/mol. The lowest BCUT2D eigenvalue weighted by Gasteiger charge is -2.21. The molecule has 0 saturated carbocycles. The van der Waals surface area contributed by atoms with Crippen molar-refractivity contribution in [3.05, 3.63) is 71.9 Å². The number of aliphatic imine (C=N–C) groups is 1. The van der Waals surface area contributed by atoms with E-state index in [2.05, 4.69) is 38.5 Å². The molecule has 7 heteroatoms. The van der Waals surface area contributed by atoms with Crippen LogP contribution < -0.4 is 5.32 Å². The number of anilines is 2. The van der Waals surface area contributed by atoms with Crippen molar-refractivity contribution in [3.8, 4) is 11.3 Å². The maximum atomic E-state index is 9.56. The summed E-state index contributed by atoms with van der Waals surface area (Å²) in [6.07, 6.45) is 9.32. The molecule has 0 aliphatic carbocycles. The van der Waals surface area contributed by atoms with Gasteiger partial charge in [0.05, 0.1) is 30.7 Å². The van der Waals surface area contributed by atoms with Crippen LogP contribution in [0, 0.1) is 0 Å². The molecule has 7 nitrogen and oxygen atoms in total. The Morgan fingerprint density at radius 2 is 2.07 bits per heavy atom. The Morgan fingerprint density at radius 1 is 1.17 bits per heavy atom. The first-order chi connectivity index (χ1) is 14.5. The summed E-state index contributed by atoms with van der Waals surface area (Å²) >= 11 is 0. The standard InChI is InChI=1S/C23H22N6O/c1-23(2,14-30)20-6-5-18(12-26-20)27-21-22-25-7-8-29(22)13-19(28-21)15-3-4-16-10-24-11-17(16)9-15/h3-10,12-13,30H,11,14H2,1-2H3,(H,27,28). The lowest BCUT2D eigenvalue weighted by atomic mass is 9.90. The fraction of sp³-hybridized carbons (Fsp3) is 0.217. The molecule has 0 bridgehead atoms. The minimum absolute atomic E-state index is 0.0386. The average Bonchev–Trinajstić information content (AvgIpc) is 3.43. The summed E-state index contributed by atoms with van der Waals surface area (Å²) in [7, 11) is 0. The number of aromatic nitrogens is 4. The van der Waals surface area contributed by atoms with Crippen LogP contribution in [0.1, 0.15) is 30.7 Å². The summed E-state index contributed by atoms with van der Waals surface area (Å²) < 4.78 is 1.96. The Bertz CT molecular complexity index is 1260. The second-order valence-electron chi connectivity index (χ2n) is 8.12. The van der Waals surface area contributed by atoms with E-state index >= 15 is 0 Å². The highest BCUT2D eigenvalue weighted by atomic mass is 16.3. The van der Waals surface area contributed by atoms with Crippen LogP contribution in [-0.2, 0) is 12.0 Å². The number of pyridine rings is 1. The minimum atomic E-state index is -0.385. The van der Waals surface area contributed by atoms with E-state index in [1.807, 2.05) is 49.0 Å². The van der Waals surface area contributed by atoms with Gasteiger partial charge in [-0.2, -0.15) is 0 Å². The van der Waals surface area contributed by atoms with Crippen LogP contribution in [0.15, 0.2) is 60.1 Å². The van der Waals surface area contributed by atoms with Gasteiger partial charge in [0.1, 0.15) is 0 Å². The molecular weight excluding hydrogens is 376 g/mol. The van der Waals surface area contributed by atoms with Gasteiger partial charge in [-0.05, 0) is 29.3 Å². The number of hydrogen-bond acceptors (Lipinski definition) is 6. The summed E-state index contributed by atoms with van der Waals surface area (Å²) in [6, 6.07) is 10.2. The Kier molecular flexibility index (Phi) is 4.33. The zero-order valence-electron chi connectivity index (χ0n) is 16.9. The van der Waals surface area contributed by atoms with E-state index in [9.17, 15) is 5.11 Å². The molecule has 0 fully saturated rings. The van der Waals surface area contributed by atoms with Gasteiger partial charge in [-0.1, -0.05) is 26.0 Å². The third-order valence-electron chi connectivity index (χ3n) is 5.42. The van der Waals surface area contributed by atoms with Crippen molar-refractivity contribution < 1.29 is 5.11 Å². The summed E-state index contributed by atoms with van der Waals surface area (Å²) in [5.74, 6) is 0.658. The van der Waals surface area contributed by atoms with E-state index in [-0.39, 0.29) is 12.0 Å². The number of nitrogens with one attached hydrogen (secondary N) is 1. The Hall–Kier alpha value is -3.58. The first-order valence-electron chi connectivity index (χ1n) is 9.85. The molecule has 4 aromatic rings. The highest BCUT2D eigenvalue weighted by Gasteiger charge is 2.21. The van der Waals surface area contributed by atoms with Gasteiger partial charge < -0.3 is 14.8 Å². The quantitative estimate of drug-likeness (QED) is 0.535. The SMILES string of the molecule is CC(C)(CO)c1ccc(Nc2nc(-c3ccc4c(c3)CN=C4)cn3ccnc23)cn1. The zero-order valence-corrected chi connectivity index (χ0v) is 16.9. The molecule has 1 aliphatic rings.